The molecule has 122 valence electrons. The summed E-state index contributed by atoms with van der Waals surface area (Å²) in [6.07, 6.45) is 0. The number of hydrogen-bond acceptors (Lipinski definition) is 4. The van der Waals surface area contributed by atoms with Gasteiger partial charge in [0.2, 0.25) is 0 Å². The lowest BCUT2D eigenvalue weighted by molar-refractivity contribution is -0.135. The number of amides is 1. The first kappa shape index (κ1) is 16.8. The van der Waals surface area contributed by atoms with E-state index in [2.05, 4.69) is 23.9 Å². The number of likely N-dealkylation sites (N-methyl/N-ethyl adjacent to an activating group) is 1. The summed E-state index contributed by atoms with van der Waals surface area (Å²) in [5.41, 5.74) is 1.19. The summed E-state index contributed by atoms with van der Waals surface area (Å²) in [6, 6.07) is 7.79. The van der Waals surface area contributed by atoms with Crippen molar-refractivity contribution in [2.24, 2.45) is 0 Å². The van der Waals surface area contributed by atoms with Gasteiger partial charge in [-0.3, -0.25) is 9.69 Å². The van der Waals surface area contributed by atoms with E-state index in [0.717, 1.165) is 45.0 Å². The maximum atomic E-state index is 12.2. The number of nitrogens with zero attached hydrogens (tertiary/aromatic N) is 3. The molecule has 1 fully saturated rings. The van der Waals surface area contributed by atoms with Crippen LogP contribution < -0.4 is 4.74 Å². The van der Waals surface area contributed by atoms with Gasteiger partial charge in [0.1, 0.15) is 5.75 Å². The highest BCUT2D eigenvalue weighted by atomic mass is 16.5. The molecule has 1 amide bonds. The molecule has 0 saturated carbocycles. The Balaban J connectivity index is 1.69. The molecule has 0 aliphatic carbocycles. The fraction of sp³-hybridized carbons (Fsp3) is 0.588. The largest absolute Gasteiger partial charge is 0.484 e. The van der Waals surface area contributed by atoms with E-state index in [1.165, 1.54) is 5.56 Å². The lowest BCUT2D eigenvalue weighted by Gasteiger charge is -2.35. The molecule has 5 heteroatoms. The zero-order valence-corrected chi connectivity index (χ0v) is 13.9. The molecular weight excluding hydrogens is 278 g/mol. The van der Waals surface area contributed by atoms with Crippen LogP contribution in [0.5, 0.6) is 5.75 Å². The summed E-state index contributed by atoms with van der Waals surface area (Å²) in [7, 11) is 4.17. The fourth-order valence-corrected chi connectivity index (χ4v) is 2.43. The Morgan fingerprint density at radius 2 is 1.77 bits per heavy atom. The van der Waals surface area contributed by atoms with Gasteiger partial charge in [-0.2, -0.15) is 0 Å². The van der Waals surface area contributed by atoms with Gasteiger partial charge in [0.15, 0.2) is 6.61 Å². The third-order valence-corrected chi connectivity index (χ3v) is 3.97. The lowest BCUT2D eigenvalue weighted by Crippen LogP contribution is -2.51. The number of carbonyl (C=O) groups is 1. The summed E-state index contributed by atoms with van der Waals surface area (Å²) in [5, 5.41) is 0. The monoisotopic (exact) mass is 305 g/mol. The molecule has 5 nitrogen and oxygen atoms in total. The minimum absolute atomic E-state index is 0.0767. The summed E-state index contributed by atoms with van der Waals surface area (Å²) >= 11 is 0. The zero-order valence-electron chi connectivity index (χ0n) is 13.9. The summed E-state index contributed by atoms with van der Waals surface area (Å²) in [4.78, 5) is 18.7. The molecule has 0 unspecified atom stereocenters. The highest BCUT2D eigenvalue weighted by Crippen LogP contribution is 2.11. The molecule has 1 aromatic carbocycles. The van der Waals surface area contributed by atoms with Crippen LogP contribution >= 0.6 is 0 Å². The van der Waals surface area contributed by atoms with Crippen molar-refractivity contribution in [2.75, 3.05) is 60.0 Å². The van der Waals surface area contributed by atoms with E-state index < -0.39 is 0 Å². The zero-order chi connectivity index (χ0) is 15.9. The van der Waals surface area contributed by atoms with Gasteiger partial charge in [-0.1, -0.05) is 17.7 Å². The molecule has 1 aliphatic rings. The number of aryl methyl sites for hydroxylation is 1. The average molecular weight is 305 g/mol. The Labute approximate surface area is 133 Å². The van der Waals surface area contributed by atoms with Crippen LogP contribution in [-0.4, -0.2) is 80.6 Å². The normalized spacial score (nSPS) is 16.1. The SMILES string of the molecule is Cc1ccc(OCC(=O)N2CCN(CCN(C)C)CC2)cc1. The molecule has 2 rings (SSSR count). The lowest BCUT2D eigenvalue weighted by atomic mass is 10.2. The molecular formula is C17H27N3O2. The van der Waals surface area contributed by atoms with Crippen LogP contribution in [0.2, 0.25) is 0 Å². The minimum Gasteiger partial charge on any atom is -0.484 e. The second-order valence-corrected chi connectivity index (χ2v) is 6.13. The number of rotatable bonds is 6. The Kier molecular flexibility index (Phi) is 6.21. The number of carbonyl (C=O) groups excluding carboxylic acids is 1. The highest BCUT2D eigenvalue weighted by Gasteiger charge is 2.21. The Morgan fingerprint density at radius 3 is 2.36 bits per heavy atom. The van der Waals surface area contributed by atoms with Gasteiger partial charge in [-0.25, -0.2) is 0 Å². The maximum Gasteiger partial charge on any atom is 0.260 e. The first-order chi connectivity index (χ1) is 10.5. The fourth-order valence-electron chi connectivity index (χ4n) is 2.43. The quantitative estimate of drug-likeness (QED) is 0.788. The van der Waals surface area contributed by atoms with Gasteiger partial charge >= 0.3 is 0 Å². The van der Waals surface area contributed by atoms with Crippen molar-refractivity contribution in [3.63, 3.8) is 0 Å². The topological polar surface area (TPSA) is 36.0 Å². The first-order valence-corrected chi connectivity index (χ1v) is 7.89. The van der Waals surface area contributed by atoms with Gasteiger partial charge in [0.25, 0.3) is 5.91 Å². The number of piperazine rings is 1. The van der Waals surface area contributed by atoms with Crippen molar-refractivity contribution in [3.8, 4) is 5.75 Å². The van der Waals surface area contributed by atoms with Crippen molar-refractivity contribution >= 4 is 5.91 Å². The molecule has 1 saturated heterocycles. The van der Waals surface area contributed by atoms with E-state index in [0.29, 0.717) is 0 Å². The molecule has 0 spiro atoms. The predicted octanol–water partition coefficient (Wildman–Crippen LogP) is 1.08. The minimum atomic E-state index is 0.0767. The van der Waals surface area contributed by atoms with Crippen molar-refractivity contribution in [1.29, 1.82) is 0 Å². The standard InChI is InChI=1S/C17H27N3O2/c1-15-4-6-16(7-5-15)22-14-17(21)20-12-10-19(11-13-20)9-8-18(2)3/h4-7H,8-14H2,1-3H3. The van der Waals surface area contributed by atoms with Crippen LogP contribution in [0.15, 0.2) is 24.3 Å². The number of hydrogen-bond donors (Lipinski definition) is 0. The Hall–Kier alpha value is -1.59. The van der Waals surface area contributed by atoms with Crippen LogP contribution in [0.4, 0.5) is 0 Å². The van der Waals surface area contributed by atoms with Gasteiger partial charge in [0, 0.05) is 39.3 Å². The molecule has 0 radical (unpaired) electrons. The van der Waals surface area contributed by atoms with Crippen molar-refractivity contribution in [1.82, 2.24) is 14.7 Å². The van der Waals surface area contributed by atoms with Crippen LogP contribution in [0.1, 0.15) is 5.56 Å². The van der Waals surface area contributed by atoms with Crippen LogP contribution in [0.25, 0.3) is 0 Å². The average Bonchev–Trinajstić information content (AvgIpc) is 2.52. The molecule has 1 aromatic rings. The Morgan fingerprint density at radius 1 is 1.14 bits per heavy atom. The van der Waals surface area contributed by atoms with E-state index in [1.807, 2.05) is 36.1 Å². The molecule has 22 heavy (non-hydrogen) atoms. The highest BCUT2D eigenvalue weighted by molar-refractivity contribution is 5.77. The summed E-state index contributed by atoms with van der Waals surface area (Å²) in [5.74, 6) is 0.830. The van der Waals surface area contributed by atoms with Crippen LogP contribution in [-0.2, 0) is 4.79 Å². The maximum absolute atomic E-state index is 12.2. The van der Waals surface area contributed by atoms with E-state index in [4.69, 9.17) is 4.74 Å². The summed E-state index contributed by atoms with van der Waals surface area (Å²) in [6.45, 7) is 7.77. The van der Waals surface area contributed by atoms with E-state index >= 15 is 0 Å². The molecule has 0 bridgehead atoms. The smallest absolute Gasteiger partial charge is 0.260 e. The molecule has 0 N–H and O–H groups in total. The van der Waals surface area contributed by atoms with Crippen molar-refractivity contribution in [3.05, 3.63) is 29.8 Å². The number of ether oxygens (including phenoxy) is 1. The van der Waals surface area contributed by atoms with Gasteiger partial charge < -0.3 is 14.5 Å². The van der Waals surface area contributed by atoms with Gasteiger partial charge in [-0.15, -0.1) is 0 Å². The first-order valence-electron chi connectivity index (χ1n) is 7.89. The van der Waals surface area contributed by atoms with Crippen molar-refractivity contribution in [2.45, 2.75) is 6.92 Å². The molecule has 0 atom stereocenters. The number of benzene rings is 1. The van der Waals surface area contributed by atoms with Gasteiger partial charge in [0.05, 0.1) is 0 Å². The van der Waals surface area contributed by atoms with E-state index in [1.54, 1.807) is 0 Å². The van der Waals surface area contributed by atoms with E-state index in [-0.39, 0.29) is 12.5 Å². The molecule has 1 heterocycles. The predicted molar refractivity (Wildman–Crippen MR) is 88.2 cm³/mol. The third-order valence-electron chi connectivity index (χ3n) is 3.97. The van der Waals surface area contributed by atoms with Crippen LogP contribution in [0, 0.1) is 6.92 Å². The molecule has 0 aromatic heterocycles. The Bertz CT molecular complexity index is 465. The van der Waals surface area contributed by atoms with Crippen LogP contribution in [0.3, 0.4) is 0 Å². The summed E-state index contributed by atoms with van der Waals surface area (Å²) < 4.78 is 5.57. The van der Waals surface area contributed by atoms with Crippen molar-refractivity contribution < 1.29 is 9.53 Å². The van der Waals surface area contributed by atoms with Gasteiger partial charge in [-0.05, 0) is 33.2 Å². The molecule has 1 aliphatic heterocycles. The second-order valence-electron chi connectivity index (χ2n) is 6.13. The third kappa shape index (κ3) is 5.31. The van der Waals surface area contributed by atoms with E-state index in [9.17, 15) is 4.79 Å². The second kappa shape index (κ2) is 8.15.